The molecule has 1 aromatic carbocycles. The number of aliphatic carboxylic acids is 1. The second kappa shape index (κ2) is 11.3. The molecule has 10 nitrogen and oxygen atoms in total. The molecule has 1 saturated heterocycles. The summed E-state index contributed by atoms with van der Waals surface area (Å²) in [7, 11) is 0. The molecule has 3 saturated carbocycles. The highest BCUT2D eigenvalue weighted by Gasteiger charge is 2.56. The summed E-state index contributed by atoms with van der Waals surface area (Å²) in [6.07, 6.45) is 2.43. The molecule has 13 heteroatoms. The zero-order valence-electron chi connectivity index (χ0n) is 24.9. The number of rotatable bonds is 9. The Morgan fingerprint density at radius 3 is 2.55 bits per heavy atom. The molecule has 2 amide bonds. The maximum absolute atomic E-state index is 14.4. The lowest BCUT2D eigenvalue weighted by atomic mass is 9.66. The number of carboxylic acid groups (broad SMARTS) is 1. The maximum Gasteiger partial charge on any atom is 0.310 e. The van der Waals surface area contributed by atoms with Crippen LogP contribution < -0.4 is 16.3 Å². The fourth-order valence-corrected chi connectivity index (χ4v) is 7.65. The number of halogens is 3. The highest BCUT2D eigenvalue weighted by Crippen LogP contribution is 2.56. The molecule has 1 aromatic rings. The Morgan fingerprint density at radius 1 is 1.20 bits per heavy atom. The minimum atomic E-state index is -2.90. The number of allylic oxidation sites excluding steroid dienone is 1. The molecular weight excluding hydrogens is 596 g/mol. The van der Waals surface area contributed by atoms with E-state index in [1.807, 2.05) is 0 Å². The van der Waals surface area contributed by atoms with E-state index in [0.717, 1.165) is 30.7 Å². The SMILES string of the molecule is C[C@]1(C(=O)O)CCCCC1C(=O)N1CCc2c(Cl)ccc(OC/C(N)=C(\C(F)F)N(N)C3CC3)c2C1N1CC2(CC2)CC1=O. The number of nitrogens with zero attached hydrogens (tertiary/aromatic N) is 3. The van der Waals surface area contributed by atoms with Gasteiger partial charge in [0.25, 0.3) is 6.43 Å². The number of carbonyl (C=O) groups is 3. The average Bonchev–Trinajstić information content (AvgIpc) is 3.91. The average molecular weight is 636 g/mol. The minimum absolute atomic E-state index is 0.101. The molecule has 240 valence electrons. The van der Waals surface area contributed by atoms with E-state index in [4.69, 9.17) is 27.9 Å². The zero-order chi connectivity index (χ0) is 31.6. The number of hydrogen-bond acceptors (Lipinski definition) is 7. The van der Waals surface area contributed by atoms with Gasteiger partial charge >= 0.3 is 5.97 Å². The van der Waals surface area contributed by atoms with Crippen molar-refractivity contribution in [3.8, 4) is 5.75 Å². The summed E-state index contributed by atoms with van der Waals surface area (Å²) in [5.74, 6) is 4.03. The van der Waals surface area contributed by atoms with Crippen LogP contribution in [0.1, 0.15) is 82.0 Å². The first-order valence-corrected chi connectivity index (χ1v) is 15.8. The number of alkyl halides is 2. The molecule has 1 spiro atoms. The number of fused-ring (bicyclic) bond motifs is 1. The van der Waals surface area contributed by atoms with Gasteiger partial charge in [0.1, 0.15) is 24.2 Å². The first-order chi connectivity index (χ1) is 20.9. The molecule has 2 aliphatic heterocycles. The Labute approximate surface area is 260 Å². The van der Waals surface area contributed by atoms with Crippen LogP contribution in [-0.4, -0.2) is 69.9 Å². The van der Waals surface area contributed by atoms with Crippen molar-refractivity contribution in [1.82, 2.24) is 14.8 Å². The van der Waals surface area contributed by atoms with Crippen LogP contribution in [0.3, 0.4) is 0 Å². The zero-order valence-corrected chi connectivity index (χ0v) is 25.6. The molecule has 2 heterocycles. The number of hydrogen-bond donors (Lipinski definition) is 3. The van der Waals surface area contributed by atoms with Crippen LogP contribution in [0.25, 0.3) is 0 Å². The largest absolute Gasteiger partial charge is 0.487 e. The third kappa shape index (κ3) is 5.37. The fraction of sp³-hybridized carbons (Fsp3) is 0.645. The van der Waals surface area contributed by atoms with Crippen molar-refractivity contribution in [2.75, 3.05) is 19.7 Å². The van der Waals surface area contributed by atoms with Crippen LogP contribution in [0.4, 0.5) is 8.78 Å². The van der Waals surface area contributed by atoms with Gasteiger partial charge in [-0.3, -0.25) is 14.4 Å². The summed E-state index contributed by atoms with van der Waals surface area (Å²) in [6.45, 7) is 1.93. The van der Waals surface area contributed by atoms with Crippen molar-refractivity contribution < 1.29 is 33.0 Å². The van der Waals surface area contributed by atoms with E-state index >= 15 is 0 Å². The van der Waals surface area contributed by atoms with Gasteiger partial charge in [0.2, 0.25) is 11.8 Å². The van der Waals surface area contributed by atoms with Crippen LogP contribution in [0, 0.1) is 16.7 Å². The summed E-state index contributed by atoms with van der Waals surface area (Å²) in [4.78, 5) is 43.8. The number of nitrogens with two attached hydrogens (primary N) is 2. The van der Waals surface area contributed by atoms with Gasteiger partial charge in [-0.1, -0.05) is 24.4 Å². The highest BCUT2D eigenvalue weighted by atomic mass is 35.5. The predicted octanol–water partition coefficient (Wildman–Crippen LogP) is 4.17. The Bertz CT molecular complexity index is 1400. The first kappa shape index (κ1) is 30.9. The van der Waals surface area contributed by atoms with Crippen molar-refractivity contribution in [2.45, 2.75) is 89.8 Å². The van der Waals surface area contributed by atoms with Gasteiger partial charge in [0, 0.05) is 36.1 Å². The molecular formula is C31H40ClF2N5O5. The van der Waals surface area contributed by atoms with Gasteiger partial charge in [-0.25, -0.2) is 14.6 Å². The number of carbonyl (C=O) groups excluding carboxylic acids is 2. The number of carboxylic acids is 1. The van der Waals surface area contributed by atoms with Crippen molar-refractivity contribution in [3.63, 3.8) is 0 Å². The van der Waals surface area contributed by atoms with Crippen molar-refractivity contribution >= 4 is 29.4 Å². The predicted molar refractivity (Wildman–Crippen MR) is 157 cm³/mol. The molecule has 44 heavy (non-hydrogen) atoms. The van der Waals surface area contributed by atoms with Crippen LogP contribution in [-0.2, 0) is 20.8 Å². The molecule has 3 atom stereocenters. The normalized spacial score (nSPS) is 28.2. The quantitative estimate of drug-likeness (QED) is 0.271. The lowest BCUT2D eigenvalue weighted by Gasteiger charge is -2.47. The second-order valence-electron chi connectivity index (χ2n) is 13.5. The van der Waals surface area contributed by atoms with E-state index in [9.17, 15) is 28.3 Å². The minimum Gasteiger partial charge on any atom is -0.487 e. The molecule has 0 radical (unpaired) electrons. The smallest absolute Gasteiger partial charge is 0.310 e. The van der Waals surface area contributed by atoms with E-state index in [1.165, 1.54) is 0 Å². The van der Waals surface area contributed by atoms with E-state index in [1.54, 1.807) is 28.9 Å². The van der Waals surface area contributed by atoms with E-state index in [0.29, 0.717) is 61.2 Å². The summed E-state index contributed by atoms with van der Waals surface area (Å²) >= 11 is 6.70. The number of amides is 2. The highest BCUT2D eigenvalue weighted by molar-refractivity contribution is 6.31. The Hall–Kier alpha value is -3.12. The number of benzene rings is 1. The van der Waals surface area contributed by atoms with Gasteiger partial charge in [-0.2, -0.15) is 0 Å². The monoisotopic (exact) mass is 635 g/mol. The molecule has 0 bridgehead atoms. The van der Waals surface area contributed by atoms with E-state index in [2.05, 4.69) is 0 Å². The summed E-state index contributed by atoms with van der Waals surface area (Å²) in [5, 5.41) is 11.6. The van der Waals surface area contributed by atoms with Crippen molar-refractivity contribution in [2.24, 2.45) is 28.3 Å². The second-order valence-corrected chi connectivity index (χ2v) is 13.9. The Morgan fingerprint density at radius 2 is 1.93 bits per heavy atom. The van der Waals surface area contributed by atoms with Gasteiger partial charge < -0.3 is 30.4 Å². The standard InChI is InChI=1S/C31H40ClF2N5O5/c1-30(29(42)43)10-3-2-4-19(30)28(41)37-13-9-18-20(32)7-8-22(24(18)27(37)38-16-31(11-12-31)14-23(38)40)44-15-21(35)25(26(33)34)39(36)17-5-6-17/h7-8,17,19,26-27H,2-6,9-16,35-36H2,1H3,(H,42,43)/b25-21-/t19?,27?,30-/m0/s1. The van der Waals surface area contributed by atoms with Gasteiger partial charge in [-0.15, -0.1) is 0 Å². The molecule has 6 rings (SSSR count). The molecule has 5 aliphatic rings. The van der Waals surface area contributed by atoms with E-state index in [-0.39, 0.29) is 41.3 Å². The van der Waals surface area contributed by atoms with Gasteiger partial charge in [-0.05, 0) is 75.0 Å². The van der Waals surface area contributed by atoms with Crippen molar-refractivity contribution in [1.29, 1.82) is 0 Å². The van der Waals surface area contributed by atoms with Crippen molar-refractivity contribution in [3.05, 3.63) is 39.7 Å². The van der Waals surface area contributed by atoms with Gasteiger partial charge in [0.05, 0.1) is 17.0 Å². The number of hydrazine groups is 1. The molecule has 2 unspecified atom stereocenters. The summed E-state index contributed by atoms with van der Waals surface area (Å²) in [5.41, 5.74) is 5.27. The summed E-state index contributed by atoms with van der Waals surface area (Å²) < 4.78 is 34.1. The number of ether oxygens (including phenoxy) is 1. The van der Waals surface area contributed by atoms with E-state index < -0.39 is 42.2 Å². The third-order valence-corrected chi connectivity index (χ3v) is 10.8. The van der Waals surface area contributed by atoms with Crippen LogP contribution in [0.2, 0.25) is 5.02 Å². The lowest BCUT2D eigenvalue weighted by molar-refractivity contribution is -0.165. The molecule has 5 N–H and O–H groups in total. The van der Waals surface area contributed by atoms with Gasteiger partial charge in [0.15, 0.2) is 0 Å². The maximum atomic E-state index is 14.4. The first-order valence-electron chi connectivity index (χ1n) is 15.4. The van der Waals surface area contributed by atoms with Crippen LogP contribution >= 0.6 is 11.6 Å². The topological polar surface area (TPSA) is 142 Å². The summed E-state index contributed by atoms with van der Waals surface area (Å²) in [6, 6.07) is 3.06. The molecule has 0 aromatic heterocycles. The van der Waals surface area contributed by atoms with Crippen LogP contribution in [0.5, 0.6) is 5.75 Å². The molecule has 3 aliphatic carbocycles. The Kier molecular flexibility index (Phi) is 7.97. The lowest BCUT2D eigenvalue weighted by Crippen LogP contribution is -2.54. The van der Waals surface area contributed by atoms with Crippen LogP contribution in [0.15, 0.2) is 23.5 Å². The number of likely N-dealkylation sites (tertiary alicyclic amines) is 1. The third-order valence-electron chi connectivity index (χ3n) is 10.4. The molecule has 4 fully saturated rings. The fourth-order valence-electron chi connectivity index (χ4n) is 7.39. The Balaban J connectivity index is 1.39.